The van der Waals surface area contributed by atoms with Crippen LogP contribution in [0.1, 0.15) is 10.4 Å². The van der Waals surface area contributed by atoms with Gasteiger partial charge in [0.2, 0.25) is 0 Å². The Kier molecular flexibility index (Phi) is 5.41. The Labute approximate surface area is 147 Å². The van der Waals surface area contributed by atoms with E-state index in [0.29, 0.717) is 0 Å². The van der Waals surface area contributed by atoms with Crippen molar-refractivity contribution in [1.82, 2.24) is 0 Å². The van der Waals surface area contributed by atoms with Crippen molar-refractivity contribution in [1.29, 1.82) is 0 Å². The van der Waals surface area contributed by atoms with Crippen molar-refractivity contribution in [3.05, 3.63) is 59.2 Å². The SMILES string of the molecule is COC(=O)C1=C(C(=O)OC)N(c2ccc(F)c(C(=O)O)c2O)C=CC=C1. The number of aromatic hydroxyl groups is 1. The van der Waals surface area contributed by atoms with Crippen LogP contribution in [0.4, 0.5) is 10.1 Å². The molecule has 0 radical (unpaired) electrons. The van der Waals surface area contributed by atoms with E-state index < -0.39 is 35.0 Å². The molecule has 0 spiro atoms. The Bertz CT molecular complexity index is 870. The van der Waals surface area contributed by atoms with Crippen molar-refractivity contribution in [2.24, 2.45) is 0 Å². The Balaban J connectivity index is 2.78. The van der Waals surface area contributed by atoms with Gasteiger partial charge in [-0.3, -0.25) is 0 Å². The fourth-order valence-corrected chi connectivity index (χ4v) is 2.30. The van der Waals surface area contributed by atoms with Crippen molar-refractivity contribution in [2.45, 2.75) is 0 Å². The number of halogens is 1. The first-order chi connectivity index (χ1) is 12.3. The molecule has 1 aromatic rings. The quantitative estimate of drug-likeness (QED) is 0.778. The van der Waals surface area contributed by atoms with Crippen LogP contribution >= 0.6 is 0 Å². The molecular weight excluding hydrogens is 349 g/mol. The van der Waals surface area contributed by atoms with Crippen LogP contribution in [0.15, 0.2) is 47.8 Å². The highest BCUT2D eigenvalue weighted by molar-refractivity contribution is 6.06. The van der Waals surface area contributed by atoms with Crippen LogP contribution in [-0.4, -0.2) is 42.3 Å². The lowest BCUT2D eigenvalue weighted by atomic mass is 10.1. The Hall–Kier alpha value is -3.62. The van der Waals surface area contributed by atoms with E-state index in [9.17, 15) is 23.9 Å². The van der Waals surface area contributed by atoms with Gasteiger partial charge in [-0.15, -0.1) is 0 Å². The lowest BCUT2D eigenvalue weighted by molar-refractivity contribution is -0.139. The second-order valence-electron chi connectivity index (χ2n) is 4.91. The van der Waals surface area contributed by atoms with Gasteiger partial charge in [0.1, 0.15) is 17.1 Å². The molecule has 0 aliphatic carbocycles. The summed E-state index contributed by atoms with van der Waals surface area (Å²) in [6.07, 6.45) is 5.40. The lowest BCUT2D eigenvalue weighted by Crippen LogP contribution is -2.27. The maximum Gasteiger partial charge on any atom is 0.355 e. The third-order valence-electron chi connectivity index (χ3n) is 3.47. The van der Waals surface area contributed by atoms with Crippen LogP contribution in [0.5, 0.6) is 5.75 Å². The zero-order chi connectivity index (χ0) is 19.4. The highest BCUT2D eigenvalue weighted by atomic mass is 19.1. The van der Waals surface area contributed by atoms with E-state index in [-0.39, 0.29) is 17.0 Å². The van der Waals surface area contributed by atoms with Crippen LogP contribution in [0, 0.1) is 5.82 Å². The van der Waals surface area contributed by atoms with E-state index in [2.05, 4.69) is 9.47 Å². The molecule has 0 saturated heterocycles. The predicted molar refractivity (Wildman–Crippen MR) is 86.8 cm³/mol. The first-order valence-electron chi connectivity index (χ1n) is 7.13. The molecule has 0 saturated carbocycles. The molecule has 0 bridgehead atoms. The topological polar surface area (TPSA) is 113 Å². The van der Waals surface area contributed by atoms with Gasteiger partial charge in [0.05, 0.1) is 25.5 Å². The van der Waals surface area contributed by atoms with E-state index >= 15 is 0 Å². The molecule has 0 unspecified atom stereocenters. The minimum Gasteiger partial charge on any atom is -0.505 e. The largest absolute Gasteiger partial charge is 0.505 e. The molecule has 2 rings (SSSR count). The summed E-state index contributed by atoms with van der Waals surface area (Å²) in [7, 11) is 2.19. The molecule has 2 N–H and O–H groups in total. The van der Waals surface area contributed by atoms with Crippen molar-refractivity contribution in [2.75, 3.05) is 19.1 Å². The number of anilines is 1. The third kappa shape index (κ3) is 3.27. The molecule has 1 aliphatic heterocycles. The molecule has 1 aromatic carbocycles. The number of aromatic carboxylic acids is 1. The Morgan fingerprint density at radius 2 is 1.73 bits per heavy atom. The van der Waals surface area contributed by atoms with Gasteiger partial charge < -0.3 is 24.6 Å². The summed E-state index contributed by atoms with van der Waals surface area (Å²) in [4.78, 5) is 36.5. The van der Waals surface area contributed by atoms with Gasteiger partial charge in [-0.1, -0.05) is 6.08 Å². The number of allylic oxidation sites excluding steroid dienone is 2. The van der Waals surface area contributed by atoms with Gasteiger partial charge in [-0.2, -0.15) is 0 Å². The van der Waals surface area contributed by atoms with Crippen molar-refractivity contribution < 1.29 is 38.5 Å². The number of carbonyl (C=O) groups is 3. The summed E-state index contributed by atoms with van der Waals surface area (Å²) in [6.45, 7) is 0. The zero-order valence-corrected chi connectivity index (χ0v) is 13.7. The van der Waals surface area contributed by atoms with Crippen LogP contribution in [0.3, 0.4) is 0 Å². The number of carbonyl (C=O) groups excluding carboxylic acids is 2. The number of esters is 2. The molecule has 1 heterocycles. The van der Waals surface area contributed by atoms with Crippen molar-refractivity contribution >= 4 is 23.6 Å². The maximum absolute atomic E-state index is 13.7. The Morgan fingerprint density at radius 3 is 2.31 bits per heavy atom. The van der Waals surface area contributed by atoms with E-state index in [1.165, 1.54) is 24.4 Å². The van der Waals surface area contributed by atoms with Gasteiger partial charge in [-0.25, -0.2) is 18.8 Å². The molecule has 9 heteroatoms. The first-order valence-corrected chi connectivity index (χ1v) is 7.13. The summed E-state index contributed by atoms with van der Waals surface area (Å²) in [6, 6.07) is 1.88. The molecular formula is C17H14FNO7. The summed E-state index contributed by atoms with van der Waals surface area (Å²) < 4.78 is 23.1. The van der Waals surface area contributed by atoms with Crippen LogP contribution in [-0.2, 0) is 19.1 Å². The number of carboxylic acid groups (broad SMARTS) is 1. The normalized spacial score (nSPS) is 13.4. The minimum atomic E-state index is -1.70. The average molecular weight is 363 g/mol. The average Bonchev–Trinajstić information content (AvgIpc) is 2.83. The number of hydrogen-bond acceptors (Lipinski definition) is 7. The van der Waals surface area contributed by atoms with Gasteiger partial charge in [0, 0.05) is 6.20 Å². The molecule has 136 valence electrons. The third-order valence-corrected chi connectivity index (χ3v) is 3.47. The van der Waals surface area contributed by atoms with Gasteiger partial charge in [-0.05, 0) is 24.3 Å². The highest BCUT2D eigenvalue weighted by Gasteiger charge is 2.30. The second-order valence-corrected chi connectivity index (χ2v) is 4.91. The smallest absolute Gasteiger partial charge is 0.355 e. The van der Waals surface area contributed by atoms with E-state index in [1.807, 2.05) is 0 Å². The standard InChI is InChI=1S/C17H14FNO7/c1-25-16(23)9-5-3-4-8-19(13(9)17(24)26-2)11-7-6-10(18)12(14(11)20)15(21)22/h3-8,20H,1-2H3,(H,21,22). The summed E-state index contributed by atoms with van der Waals surface area (Å²) in [5, 5.41) is 19.3. The second kappa shape index (κ2) is 7.51. The molecule has 0 fully saturated rings. The minimum absolute atomic E-state index is 0.204. The molecule has 8 nitrogen and oxygen atoms in total. The fraction of sp³-hybridized carbons (Fsp3) is 0.118. The molecule has 26 heavy (non-hydrogen) atoms. The number of nitrogens with zero attached hydrogens (tertiary/aromatic N) is 1. The van der Waals surface area contributed by atoms with Gasteiger partial charge in [0.15, 0.2) is 5.75 Å². The number of rotatable bonds is 4. The van der Waals surface area contributed by atoms with Crippen LogP contribution < -0.4 is 4.90 Å². The van der Waals surface area contributed by atoms with Crippen LogP contribution in [0.2, 0.25) is 0 Å². The summed E-state index contributed by atoms with van der Waals surface area (Å²) in [5.41, 5.74) is -1.77. The van der Waals surface area contributed by atoms with Crippen molar-refractivity contribution in [3.8, 4) is 5.75 Å². The molecule has 1 aliphatic rings. The summed E-state index contributed by atoms with van der Waals surface area (Å²) >= 11 is 0. The number of benzene rings is 1. The number of methoxy groups -OCH3 is 2. The number of carboxylic acids is 1. The Morgan fingerprint density at radius 1 is 1.08 bits per heavy atom. The molecule has 0 aromatic heterocycles. The van der Waals surface area contributed by atoms with E-state index in [0.717, 1.165) is 31.3 Å². The van der Waals surface area contributed by atoms with Gasteiger partial charge >= 0.3 is 17.9 Å². The monoisotopic (exact) mass is 363 g/mol. The lowest BCUT2D eigenvalue weighted by Gasteiger charge is -2.24. The van der Waals surface area contributed by atoms with Crippen molar-refractivity contribution in [3.63, 3.8) is 0 Å². The number of ether oxygens (including phenoxy) is 2. The molecule has 0 atom stereocenters. The first kappa shape index (κ1) is 18.7. The van der Waals surface area contributed by atoms with Gasteiger partial charge in [0.25, 0.3) is 0 Å². The number of phenols is 1. The molecule has 0 amide bonds. The zero-order valence-electron chi connectivity index (χ0n) is 13.7. The van der Waals surface area contributed by atoms with Crippen LogP contribution in [0.25, 0.3) is 0 Å². The predicted octanol–water partition coefficient (Wildman–Crippen LogP) is 1.72. The highest BCUT2D eigenvalue weighted by Crippen LogP contribution is 2.36. The van der Waals surface area contributed by atoms with E-state index in [4.69, 9.17) is 5.11 Å². The summed E-state index contributed by atoms with van der Waals surface area (Å²) in [5.74, 6) is -5.60. The maximum atomic E-state index is 13.7. The van der Waals surface area contributed by atoms with E-state index in [1.54, 1.807) is 0 Å². The fourth-order valence-electron chi connectivity index (χ4n) is 2.30. The number of hydrogen-bond donors (Lipinski definition) is 2.